The van der Waals surface area contributed by atoms with E-state index in [0.717, 1.165) is 0 Å². The molecule has 0 spiro atoms. The highest BCUT2D eigenvalue weighted by molar-refractivity contribution is 5.84. The lowest BCUT2D eigenvalue weighted by Crippen LogP contribution is -2.38. The first-order valence-corrected chi connectivity index (χ1v) is 3.70. The lowest BCUT2D eigenvalue weighted by molar-refractivity contribution is -0.183. The summed E-state index contributed by atoms with van der Waals surface area (Å²) in [6.45, 7) is 5.51. The van der Waals surface area contributed by atoms with Gasteiger partial charge in [-0.25, -0.2) is 0 Å². The number of aliphatic hydroxyl groups is 1. The standard InChI is InChI=1S/C7H13NO3/c1-4-8-5(2)11-7(3,10)6(8)9/h5,10H,4H2,1-3H3. The summed E-state index contributed by atoms with van der Waals surface area (Å²) in [5.74, 6) is -1.97. The Morgan fingerprint density at radius 1 is 1.82 bits per heavy atom. The van der Waals surface area contributed by atoms with Crippen LogP contribution >= 0.6 is 0 Å². The van der Waals surface area contributed by atoms with E-state index in [9.17, 15) is 9.90 Å². The van der Waals surface area contributed by atoms with Crippen molar-refractivity contribution in [3.8, 4) is 0 Å². The van der Waals surface area contributed by atoms with E-state index < -0.39 is 5.79 Å². The summed E-state index contributed by atoms with van der Waals surface area (Å²) in [4.78, 5) is 12.7. The molecule has 0 aromatic rings. The summed E-state index contributed by atoms with van der Waals surface area (Å²) in [6, 6.07) is 0. The fourth-order valence-corrected chi connectivity index (χ4v) is 1.28. The first-order chi connectivity index (χ1) is 4.99. The third-order valence-corrected chi connectivity index (χ3v) is 1.84. The zero-order chi connectivity index (χ0) is 8.65. The molecule has 1 N–H and O–H groups in total. The van der Waals surface area contributed by atoms with Crippen molar-refractivity contribution in [2.45, 2.75) is 32.8 Å². The zero-order valence-corrected chi connectivity index (χ0v) is 7.00. The molecule has 11 heavy (non-hydrogen) atoms. The lowest BCUT2D eigenvalue weighted by atomic mass is 10.3. The molecule has 2 unspecified atom stereocenters. The van der Waals surface area contributed by atoms with Crippen LogP contribution in [0, 0.1) is 0 Å². The summed E-state index contributed by atoms with van der Waals surface area (Å²) < 4.78 is 5.00. The number of hydrogen-bond acceptors (Lipinski definition) is 3. The number of nitrogens with zero attached hydrogens (tertiary/aromatic N) is 1. The normalized spacial score (nSPS) is 38.4. The quantitative estimate of drug-likeness (QED) is 0.582. The van der Waals surface area contributed by atoms with Gasteiger partial charge in [-0.05, 0) is 20.8 Å². The van der Waals surface area contributed by atoms with E-state index in [1.807, 2.05) is 6.92 Å². The number of carbonyl (C=O) groups is 1. The Balaban J connectivity index is 2.80. The summed E-state index contributed by atoms with van der Waals surface area (Å²) in [5.41, 5.74) is 0. The molecule has 4 nitrogen and oxygen atoms in total. The van der Waals surface area contributed by atoms with Crippen molar-refractivity contribution >= 4 is 5.91 Å². The Morgan fingerprint density at radius 2 is 2.36 bits per heavy atom. The average Bonchev–Trinajstić information content (AvgIpc) is 2.04. The van der Waals surface area contributed by atoms with E-state index in [2.05, 4.69) is 0 Å². The van der Waals surface area contributed by atoms with Crippen molar-refractivity contribution in [2.75, 3.05) is 6.54 Å². The minimum absolute atomic E-state index is 0.317. The van der Waals surface area contributed by atoms with Crippen LogP contribution < -0.4 is 0 Å². The highest BCUT2D eigenvalue weighted by Crippen LogP contribution is 2.23. The highest BCUT2D eigenvalue weighted by atomic mass is 16.7. The third-order valence-electron chi connectivity index (χ3n) is 1.84. The Kier molecular flexibility index (Phi) is 1.90. The molecular formula is C7H13NO3. The SMILES string of the molecule is CCN1C(=O)C(C)(O)OC1C. The van der Waals surface area contributed by atoms with Crippen LogP contribution in [0.2, 0.25) is 0 Å². The highest BCUT2D eigenvalue weighted by Gasteiger charge is 2.45. The number of amides is 1. The van der Waals surface area contributed by atoms with Gasteiger partial charge < -0.3 is 14.7 Å². The van der Waals surface area contributed by atoms with Gasteiger partial charge in [-0.2, -0.15) is 0 Å². The largest absolute Gasteiger partial charge is 0.358 e. The first-order valence-electron chi connectivity index (χ1n) is 3.70. The monoisotopic (exact) mass is 159 g/mol. The second kappa shape index (κ2) is 2.46. The van der Waals surface area contributed by atoms with Gasteiger partial charge in [0.2, 0.25) is 5.79 Å². The Morgan fingerprint density at radius 3 is 2.55 bits per heavy atom. The fourth-order valence-electron chi connectivity index (χ4n) is 1.28. The lowest BCUT2D eigenvalue weighted by Gasteiger charge is -2.15. The third kappa shape index (κ3) is 1.23. The minimum Gasteiger partial charge on any atom is -0.358 e. The van der Waals surface area contributed by atoms with Crippen molar-refractivity contribution < 1.29 is 14.6 Å². The van der Waals surface area contributed by atoms with Gasteiger partial charge in [0, 0.05) is 6.54 Å². The van der Waals surface area contributed by atoms with Crippen LogP contribution in [-0.4, -0.2) is 34.5 Å². The van der Waals surface area contributed by atoms with Crippen LogP contribution in [0.25, 0.3) is 0 Å². The predicted molar refractivity (Wildman–Crippen MR) is 38.6 cm³/mol. The van der Waals surface area contributed by atoms with Crippen LogP contribution in [-0.2, 0) is 9.53 Å². The molecule has 1 saturated heterocycles. The molecule has 1 aliphatic heterocycles. The average molecular weight is 159 g/mol. The van der Waals surface area contributed by atoms with Gasteiger partial charge in [-0.3, -0.25) is 4.79 Å². The van der Waals surface area contributed by atoms with E-state index in [1.165, 1.54) is 11.8 Å². The molecule has 1 fully saturated rings. The number of rotatable bonds is 1. The van der Waals surface area contributed by atoms with Crippen molar-refractivity contribution in [3.05, 3.63) is 0 Å². The molecular weight excluding hydrogens is 146 g/mol. The second-order valence-corrected chi connectivity index (χ2v) is 2.79. The summed E-state index contributed by atoms with van der Waals surface area (Å²) >= 11 is 0. The maximum Gasteiger partial charge on any atom is 0.284 e. The van der Waals surface area contributed by atoms with Crippen LogP contribution in [0.4, 0.5) is 0 Å². The summed E-state index contributed by atoms with van der Waals surface area (Å²) in [5, 5.41) is 9.32. The number of ether oxygens (including phenoxy) is 1. The smallest absolute Gasteiger partial charge is 0.284 e. The molecule has 0 bridgehead atoms. The molecule has 64 valence electrons. The number of carbonyl (C=O) groups excluding carboxylic acids is 1. The van der Waals surface area contributed by atoms with Crippen LogP contribution in [0.1, 0.15) is 20.8 Å². The maximum absolute atomic E-state index is 11.2. The van der Waals surface area contributed by atoms with Gasteiger partial charge in [0.25, 0.3) is 5.91 Å². The first kappa shape index (κ1) is 8.49. The van der Waals surface area contributed by atoms with Crippen LogP contribution in [0.3, 0.4) is 0 Å². The molecule has 0 aromatic carbocycles. The molecule has 0 saturated carbocycles. The van der Waals surface area contributed by atoms with Gasteiger partial charge in [0.15, 0.2) is 0 Å². The predicted octanol–water partition coefficient (Wildman–Crippen LogP) is -0.0804. The van der Waals surface area contributed by atoms with Crippen molar-refractivity contribution in [3.63, 3.8) is 0 Å². The van der Waals surface area contributed by atoms with E-state index >= 15 is 0 Å². The second-order valence-electron chi connectivity index (χ2n) is 2.79. The number of hydrogen-bond donors (Lipinski definition) is 1. The van der Waals surface area contributed by atoms with Crippen LogP contribution in [0.5, 0.6) is 0 Å². The van der Waals surface area contributed by atoms with E-state index in [-0.39, 0.29) is 12.1 Å². The van der Waals surface area contributed by atoms with Crippen LogP contribution in [0.15, 0.2) is 0 Å². The van der Waals surface area contributed by atoms with Crippen molar-refractivity contribution in [1.82, 2.24) is 4.90 Å². The molecule has 0 aliphatic carbocycles. The Hall–Kier alpha value is -0.610. The zero-order valence-electron chi connectivity index (χ0n) is 7.00. The molecule has 0 radical (unpaired) electrons. The van der Waals surface area contributed by atoms with E-state index in [0.29, 0.717) is 6.54 Å². The van der Waals surface area contributed by atoms with E-state index in [1.54, 1.807) is 6.92 Å². The Labute approximate surface area is 65.8 Å². The van der Waals surface area contributed by atoms with Gasteiger partial charge in [0.05, 0.1) is 0 Å². The maximum atomic E-state index is 11.2. The molecule has 1 heterocycles. The van der Waals surface area contributed by atoms with Gasteiger partial charge >= 0.3 is 0 Å². The summed E-state index contributed by atoms with van der Waals surface area (Å²) in [7, 11) is 0. The molecule has 4 heteroatoms. The Bertz CT molecular complexity index is 179. The fraction of sp³-hybridized carbons (Fsp3) is 0.857. The van der Waals surface area contributed by atoms with Gasteiger partial charge in [-0.15, -0.1) is 0 Å². The molecule has 2 atom stereocenters. The molecule has 1 amide bonds. The van der Waals surface area contributed by atoms with E-state index in [4.69, 9.17) is 4.74 Å². The summed E-state index contributed by atoms with van der Waals surface area (Å²) in [6.07, 6.45) is -0.317. The molecule has 0 aromatic heterocycles. The number of likely N-dealkylation sites (N-methyl/N-ethyl adjacent to an activating group) is 1. The van der Waals surface area contributed by atoms with Gasteiger partial charge in [-0.1, -0.05) is 0 Å². The minimum atomic E-state index is -1.62. The van der Waals surface area contributed by atoms with Crippen molar-refractivity contribution in [2.24, 2.45) is 0 Å². The van der Waals surface area contributed by atoms with Gasteiger partial charge in [0.1, 0.15) is 6.23 Å². The topological polar surface area (TPSA) is 49.8 Å². The molecule has 1 rings (SSSR count). The molecule has 1 aliphatic rings. The van der Waals surface area contributed by atoms with Crippen molar-refractivity contribution in [1.29, 1.82) is 0 Å².